The second kappa shape index (κ2) is 5.95. The molecule has 2 amide bonds. The predicted octanol–water partition coefficient (Wildman–Crippen LogP) is 2.08. The minimum atomic E-state index is -0.688. The molecule has 8 heteroatoms. The van der Waals surface area contributed by atoms with Crippen molar-refractivity contribution in [2.24, 2.45) is 0 Å². The van der Waals surface area contributed by atoms with Crippen LogP contribution in [0.25, 0.3) is 5.69 Å². The Kier molecular flexibility index (Phi) is 3.96. The molecule has 0 saturated carbocycles. The van der Waals surface area contributed by atoms with Gasteiger partial charge >= 0.3 is 6.09 Å². The van der Waals surface area contributed by atoms with E-state index in [2.05, 4.69) is 5.10 Å². The largest absolute Gasteiger partial charge is 0.423 e. The van der Waals surface area contributed by atoms with Crippen LogP contribution >= 0.6 is 0 Å². The Labute approximate surface area is 138 Å². The van der Waals surface area contributed by atoms with E-state index in [0.717, 1.165) is 5.56 Å². The van der Waals surface area contributed by atoms with Crippen molar-refractivity contribution in [3.8, 4) is 5.69 Å². The fourth-order valence-corrected chi connectivity index (χ4v) is 2.46. The Balaban J connectivity index is 1.84. The van der Waals surface area contributed by atoms with Crippen molar-refractivity contribution in [3.63, 3.8) is 0 Å². The number of cyclic esters (lactones) is 1. The lowest BCUT2D eigenvalue weighted by molar-refractivity contribution is -0.134. The number of aromatic nitrogens is 2. The van der Waals surface area contributed by atoms with E-state index in [0.29, 0.717) is 5.69 Å². The number of amides is 2. The summed E-state index contributed by atoms with van der Waals surface area (Å²) in [6.45, 7) is 3.40. The molecule has 24 heavy (non-hydrogen) atoms. The molecule has 1 atom stereocenters. The molecule has 0 spiro atoms. The van der Waals surface area contributed by atoms with Gasteiger partial charge in [0, 0.05) is 20.2 Å². The summed E-state index contributed by atoms with van der Waals surface area (Å²) < 4.78 is 21.0. The van der Waals surface area contributed by atoms with Crippen molar-refractivity contribution in [2.45, 2.75) is 20.1 Å². The van der Waals surface area contributed by atoms with Crippen LogP contribution in [0, 0.1) is 12.7 Å². The molecule has 1 aliphatic rings. The third-order valence-electron chi connectivity index (χ3n) is 3.93. The maximum Gasteiger partial charge on any atom is 0.416 e. The van der Waals surface area contributed by atoms with Crippen molar-refractivity contribution >= 4 is 17.7 Å². The molecule has 0 N–H and O–H groups in total. The summed E-state index contributed by atoms with van der Waals surface area (Å²) in [6, 6.07) is 4.42. The Bertz CT molecular complexity index is 804. The lowest BCUT2D eigenvalue weighted by Crippen LogP contribution is -2.38. The van der Waals surface area contributed by atoms with Gasteiger partial charge in [0.05, 0.1) is 18.4 Å². The number of nitrogens with zero attached hydrogens (tertiary/aromatic N) is 4. The molecular formula is C16H17FN4O3. The van der Waals surface area contributed by atoms with E-state index < -0.39 is 18.1 Å². The van der Waals surface area contributed by atoms with Crippen LogP contribution in [-0.4, -0.2) is 46.5 Å². The molecular weight excluding hydrogens is 315 g/mol. The van der Waals surface area contributed by atoms with Gasteiger partial charge in [-0.2, -0.15) is 5.10 Å². The van der Waals surface area contributed by atoms with Gasteiger partial charge in [0.25, 0.3) is 0 Å². The first-order valence-electron chi connectivity index (χ1n) is 7.39. The van der Waals surface area contributed by atoms with Crippen molar-refractivity contribution in [3.05, 3.63) is 42.0 Å². The zero-order valence-corrected chi connectivity index (χ0v) is 13.6. The van der Waals surface area contributed by atoms with Gasteiger partial charge in [-0.15, -0.1) is 0 Å². The zero-order valence-electron chi connectivity index (χ0n) is 13.6. The molecule has 1 aromatic carbocycles. The van der Waals surface area contributed by atoms with Gasteiger partial charge in [0.15, 0.2) is 12.0 Å². The number of carbonyl (C=O) groups is 2. The summed E-state index contributed by atoms with van der Waals surface area (Å²) in [5.74, 6) is -0.725. The standard InChI is InChI=1S/C16H17FN4O3/c1-10-7-18-21(8-10)14-5-4-12(6-13(14)17)20-9-15(24-16(20)23)19(3)11(2)22/h4-8,15H,9H2,1-3H3. The van der Waals surface area contributed by atoms with Crippen molar-refractivity contribution in [1.82, 2.24) is 14.7 Å². The van der Waals surface area contributed by atoms with Gasteiger partial charge in [0.1, 0.15) is 5.69 Å². The van der Waals surface area contributed by atoms with Crippen LogP contribution < -0.4 is 4.90 Å². The smallest absolute Gasteiger partial charge is 0.416 e. The Morgan fingerprint density at radius 3 is 2.79 bits per heavy atom. The number of aryl methyl sites for hydroxylation is 1. The summed E-state index contributed by atoms with van der Waals surface area (Å²) in [4.78, 5) is 26.0. The van der Waals surface area contributed by atoms with Crippen LogP contribution in [0.1, 0.15) is 12.5 Å². The monoisotopic (exact) mass is 332 g/mol. The maximum absolute atomic E-state index is 14.4. The number of halogens is 1. The van der Waals surface area contributed by atoms with Crippen LogP contribution in [0.5, 0.6) is 0 Å². The number of carbonyl (C=O) groups excluding carboxylic acids is 2. The van der Waals surface area contributed by atoms with E-state index in [9.17, 15) is 14.0 Å². The van der Waals surface area contributed by atoms with Gasteiger partial charge < -0.3 is 9.64 Å². The number of hydrogen-bond acceptors (Lipinski definition) is 4. The first kappa shape index (κ1) is 16.0. The normalized spacial score (nSPS) is 17.1. The van der Waals surface area contributed by atoms with Crippen LogP contribution in [0.3, 0.4) is 0 Å². The zero-order chi connectivity index (χ0) is 17.4. The van der Waals surface area contributed by atoms with E-state index in [1.54, 1.807) is 31.6 Å². The minimum Gasteiger partial charge on any atom is -0.423 e. The van der Waals surface area contributed by atoms with Crippen LogP contribution in [-0.2, 0) is 9.53 Å². The van der Waals surface area contributed by atoms with E-state index >= 15 is 0 Å². The number of rotatable bonds is 3. The second-order valence-electron chi connectivity index (χ2n) is 5.68. The number of likely N-dealkylation sites (N-methyl/N-ethyl adjacent to an activating group) is 1. The average molecular weight is 332 g/mol. The van der Waals surface area contributed by atoms with E-state index in [-0.39, 0.29) is 18.1 Å². The molecule has 7 nitrogen and oxygen atoms in total. The topological polar surface area (TPSA) is 67.7 Å². The fourth-order valence-electron chi connectivity index (χ4n) is 2.46. The van der Waals surface area contributed by atoms with Crippen molar-refractivity contribution in [1.29, 1.82) is 0 Å². The number of anilines is 1. The quantitative estimate of drug-likeness (QED) is 0.863. The highest BCUT2D eigenvalue weighted by molar-refractivity contribution is 5.90. The van der Waals surface area contributed by atoms with Crippen molar-refractivity contribution in [2.75, 3.05) is 18.5 Å². The van der Waals surface area contributed by atoms with Gasteiger partial charge in [-0.3, -0.25) is 9.69 Å². The molecule has 2 aromatic rings. The minimum absolute atomic E-state index is 0.147. The van der Waals surface area contributed by atoms with Gasteiger partial charge in [-0.1, -0.05) is 0 Å². The molecule has 1 aromatic heterocycles. The first-order chi connectivity index (χ1) is 11.4. The second-order valence-corrected chi connectivity index (χ2v) is 5.68. The van der Waals surface area contributed by atoms with Crippen LogP contribution in [0.2, 0.25) is 0 Å². The highest BCUT2D eigenvalue weighted by Gasteiger charge is 2.36. The molecule has 2 heterocycles. The molecule has 0 bridgehead atoms. The van der Waals surface area contributed by atoms with Crippen LogP contribution in [0.4, 0.5) is 14.9 Å². The van der Waals surface area contributed by atoms with E-state index in [1.807, 2.05) is 6.92 Å². The maximum atomic E-state index is 14.4. The highest BCUT2D eigenvalue weighted by Crippen LogP contribution is 2.26. The summed E-state index contributed by atoms with van der Waals surface area (Å²) in [6.07, 6.45) is 2.04. The van der Waals surface area contributed by atoms with Gasteiger partial charge in [0.2, 0.25) is 5.91 Å². The summed E-state index contributed by atoms with van der Waals surface area (Å²) in [5.41, 5.74) is 1.57. The average Bonchev–Trinajstić information content (AvgIpc) is 3.12. The molecule has 3 rings (SSSR count). The van der Waals surface area contributed by atoms with Crippen LogP contribution in [0.15, 0.2) is 30.6 Å². The number of ether oxygens (including phenoxy) is 1. The Hall–Kier alpha value is -2.90. The lowest BCUT2D eigenvalue weighted by atomic mass is 10.2. The molecule has 1 unspecified atom stereocenters. The third kappa shape index (κ3) is 2.82. The van der Waals surface area contributed by atoms with Crippen molar-refractivity contribution < 1.29 is 18.7 Å². The van der Waals surface area contributed by atoms with E-state index in [4.69, 9.17) is 4.74 Å². The molecule has 1 aliphatic heterocycles. The molecule has 126 valence electrons. The third-order valence-corrected chi connectivity index (χ3v) is 3.93. The summed E-state index contributed by atoms with van der Waals surface area (Å²) in [7, 11) is 1.55. The number of benzene rings is 1. The SMILES string of the molecule is CC(=O)N(C)C1CN(c2ccc(-n3cc(C)cn3)c(F)c2)C(=O)O1. The Morgan fingerprint density at radius 2 is 2.21 bits per heavy atom. The van der Waals surface area contributed by atoms with E-state index in [1.165, 1.54) is 27.5 Å². The number of hydrogen-bond donors (Lipinski definition) is 0. The Morgan fingerprint density at radius 1 is 1.46 bits per heavy atom. The lowest BCUT2D eigenvalue weighted by Gasteiger charge is -2.20. The predicted molar refractivity (Wildman–Crippen MR) is 84.3 cm³/mol. The highest BCUT2D eigenvalue weighted by atomic mass is 19.1. The summed E-state index contributed by atoms with van der Waals surface area (Å²) >= 11 is 0. The fraction of sp³-hybridized carbons (Fsp3) is 0.312. The van der Waals surface area contributed by atoms with Gasteiger partial charge in [-0.25, -0.2) is 13.9 Å². The molecule has 0 aliphatic carbocycles. The summed E-state index contributed by atoms with van der Waals surface area (Å²) in [5, 5.41) is 4.07. The van der Waals surface area contributed by atoms with Gasteiger partial charge in [-0.05, 0) is 30.7 Å². The first-order valence-corrected chi connectivity index (χ1v) is 7.39. The molecule has 1 fully saturated rings. The molecule has 0 radical (unpaired) electrons. The molecule has 1 saturated heterocycles.